The maximum absolute atomic E-state index is 11.9. The minimum absolute atomic E-state index is 0.0765. The molecule has 1 saturated carbocycles. The number of nitrogen functional groups attached to an aromatic ring is 1. The summed E-state index contributed by atoms with van der Waals surface area (Å²) in [4.78, 5) is 25.0. The third-order valence-corrected chi connectivity index (χ3v) is 3.29. The Morgan fingerprint density at radius 1 is 1.25 bits per heavy atom. The summed E-state index contributed by atoms with van der Waals surface area (Å²) in [6, 6.07) is 5.38. The van der Waals surface area contributed by atoms with Gasteiger partial charge in [-0.2, -0.15) is 0 Å². The van der Waals surface area contributed by atoms with Crippen LogP contribution in [-0.2, 0) is 9.59 Å². The lowest BCUT2D eigenvalue weighted by molar-refractivity contribution is -0.123. The third-order valence-electron chi connectivity index (χ3n) is 3.29. The van der Waals surface area contributed by atoms with Gasteiger partial charge in [0, 0.05) is 0 Å². The molecule has 1 heterocycles. The highest BCUT2D eigenvalue weighted by Crippen LogP contribution is 2.49. The van der Waals surface area contributed by atoms with E-state index < -0.39 is 0 Å². The van der Waals surface area contributed by atoms with Crippen LogP contribution in [0.5, 0.6) is 0 Å². The zero-order chi connectivity index (χ0) is 11.4. The van der Waals surface area contributed by atoms with Gasteiger partial charge in [0.1, 0.15) is 0 Å². The van der Waals surface area contributed by atoms with E-state index in [0.29, 0.717) is 11.4 Å². The first-order valence-electron chi connectivity index (χ1n) is 5.33. The van der Waals surface area contributed by atoms with Gasteiger partial charge in [0.25, 0.3) is 0 Å². The van der Waals surface area contributed by atoms with Gasteiger partial charge in [-0.05, 0) is 31.0 Å². The molecule has 3 rings (SSSR count). The molecule has 4 nitrogen and oxygen atoms in total. The van der Waals surface area contributed by atoms with Gasteiger partial charge in [0.05, 0.1) is 23.2 Å². The van der Waals surface area contributed by atoms with E-state index >= 15 is 0 Å². The van der Waals surface area contributed by atoms with Crippen LogP contribution in [0.2, 0.25) is 0 Å². The van der Waals surface area contributed by atoms with Gasteiger partial charge < -0.3 is 5.73 Å². The summed E-state index contributed by atoms with van der Waals surface area (Å²) in [5.74, 6) is -0.334. The molecule has 1 aromatic rings. The molecule has 1 aliphatic heterocycles. The molecule has 0 spiro atoms. The van der Waals surface area contributed by atoms with Crippen LogP contribution in [-0.4, -0.2) is 11.8 Å². The smallest absolute Gasteiger partial charge is 0.237 e. The van der Waals surface area contributed by atoms with Crippen molar-refractivity contribution in [1.82, 2.24) is 0 Å². The van der Waals surface area contributed by atoms with Gasteiger partial charge in [0.15, 0.2) is 0 Å². The van der Waals surface area contributed by atoms with Gasteiger partial charge in [-0.3, -0.25) is 9.59 Å². The fourth-order valence-electron chi connectivity index (χ4n) is 2.27. The first kappa shape index (κ1) is 9.39. The zero-order valence-electron chi connectivity index (χ0n) is 8.93. The fourth-order valence-corrected chi connectivity index (χ4v) is 2.27. The average molecular weight is 216 g/mol. The first-order chi connectivity index (χ1) is 7.59. The number of hydrogen-bond donors (Lipinski definition) is 1. The summed E-state index contributed by atoms with van der Waals surface area (Å²) >= 11 is 0. The second kappa shape index (κ2) is 2.84. The maximum atomic E-state index is 11.9. The van der Waals surface area contributed by atoms with Crippen LogP contribution in [0.15, 0.2) is 18.2 Å². The third kappa shape index (κ3) is 1.10. The average Bonchev–Trinajstić information content (AvgIpc) is 2.98. The highest BCUT2D eigenvalue weighted by Gasteiger charge is 2.59. The highest BCUT2D eigenvalue weighted by atomic mass is 16.2. The molecule has 16 heavy (non-hydrogen) atoms. The Balaban J connectivity index is 2.07. The Morgan fingerprint density at radius 2 is 1.88 bits per heavy atom. The number of benzene rings is 1. The molecule has 2 fully saturated rings. The van der Waals surface area contributed by atoms with Crippen LogP contribution < -0.4 is 10.6 Å². The molecule has 2 aliphatic rings. The van der Waals surface area contributed by atoms with Gasteiger partial charge in [0.2, 0.25) is 11.8 Å². The lowest BCUT2D eigenvalue weighted by Gasteiger charge is -2.18. The lowest BCUT2D eigenvalue weighted by Crippen LogP contribution is -2.33. The van der Waals surface area contributed by atoms with Gasteiger partial charge in [-0.15, -0.1) is 0 Å². The molecule has 1 saturated heterocycles. The van der Waals surface area contributed by atoms with Crippen LogP contribution in [0.4, 0.5) is 11.4 Å². The quantitative estimate of drug-likeness (QED) is 0.564. The topological polar surface area (TPSA) is 63.4 Å². The molecule has 0 aromatic heterocycles. The molecule has 2 N–H and O–H groups in total. The van der Waals surface area contributed by atoms with Crippen molar-refractivity contribution < 1.29 is 9.59 Å². The van der Waals surface area contributed by atoms with Crippen molar-refractivity contribution >= 4 is 23.2 Å². The summed E-state index contributed by atoms with van der Waals surface area (Å²) in [6.45, 7) is 1.91. The number of anilines is 2. The number of imide groups is 1. The summed E-state index contributed by atoms with van der Waals surface area (Å²) in [6.07, 6.45) is 0.722. The van der Waals surface area contributed by atoms with Crippen molar-refractivity contribution in [3.63, 3.8) is 0 Å². The maximum Gasteiger partial charge on any atom is 0.237 e. The Hall–Kier alpha value is -1.84. The van der Waals surface area contributed by atoms with Gasteiger partial charge in [-0.25, -0.2) is 4.90 Å². The van der Waals surface area contributed by atoms with E-state index in [4.69, 9.17) is 5.73 Å². The van der Waals surface area contributed by atoms with E-state index in [1.807, 2.05) is 13.0 Å². The van der Waals surface area contributed by atoms with Gasteiger partial charge in [-0.1, -0.05) is 6.07 Å². The fraction of sp³-hybridized carbons (Fsp3) is 0.333. The molecule has 82 valence electrons. The number of carbonyl (C=O) groups excluding carboxylic acids is 2. The van der Waals surface area contributed by atoms with E-state index in [1.54, 1.807) is 12.1 Å². The van der Waals surface area contributed by atoms with Crippen LogP contribution in [0.25, 0.3) is 0 Å². The van der Waals surface area contributed by atoms with Crippen molar-refractivity contribution in [2.75, 3.05) is 10.6 Å². The Morgan fingerprint density at radius 3 is 2.50 bits per heavy atom. The number of rotatable bonds is 1. The van der Waals surface area contributed by atoms with Crippen molar-refractivity contribution in [1.29, 1.82) is 0 Å². The number of carbonyl (C=O) groups is 2. The summed E-state index contributed by atoms with van der Waals surface area (Å²) < 4.78 is 0. The molecule has 4 heteroatoms. The Labute approximate surface area is 93.0 Å². The van der Waals surface area contributed by atoms with E-state index in [9.17, 15) is 9.59 Å². The number of nitrogens with zero attached hydrogens (tertiary/aromatic N) is 1. The highest BCUT2D eigenvalue weighted by molar-refractivity contribution is 6.25. The van der Waals surface area contributed by atoms with Crippen molar-refractivity contribution in [3.05, 3.63) is 23.8 Å². The largest absolute Gasteiger partial charge is 0.397 e. The second-order valence-electron chi connectivity index (χ2n) is 4.52. The predicted molar refractivity (Wildman–Crippen MR) is 59.7 cm³/mol. The molecule has 1 aromatic carbocycles. The summed E-state index contributed by atoms with van der Waals surface area (Å²) in [7, 11) is 0. The van der Waals surface area contributed by atoms with Crippen molar-refractivity contribution in [3.8, 4) is 0 Å². The number of piperidine rings is 1. The normalized spacial score (nSPS) is 27.2. The predicted octanol–water partition coefficient (Wildman–Crippen LogP) is 1.09. The number of hydrogen-bond acceptors (Lipinski definition) is 3. The lowest BCUT2D eigenvalue weighted by atomic mass is 10.1. The zero-order valence-corrected chi connectivity index (χ0v) is 8.93. The minimum atomic E-state index is -0.0905. The van der Waals surface area contributed by atoms with Crippen LogP contribution >= 0.6 is 0 Å². The standard InChI is InChI=1S/C12H12N2O2/c1-6-2-3-9(13)10(4-6)14-11(15)7-5-8(7)12(14)16/h2-4,7-8H,5,13H2,1H3. The molecule has 2 unspecified atom stereocenters. The molecule has 2 atom stereocenters. The molecule has 0 radical (unpaired) electrons. The van der Waals surface area contributed by atoms with Crippen molar-refractivity contribution in [2.24, 2.45) is 11.8 Å². The Kier molecular flexibility index (Phi) is 1.67. The molecule has 2 amide bonds. The van der Waals surface area contributed by atoms with Crippen molar-refractivity contribution in [2.45, 2.75) is 13.3 Å². The number of nitrogens with two attached hydrogens (primary N) is 1. The van der Waals surface area contributed by atoms with Crippen LogP contribution in [0.3, 0.4) is 0 Å². The van der Waals surface area contributed by atoms with E-state index in [0.717, 1.165) is 12.0 Å². The van der Waals surface area contributed by atoms with E-state index in [2.05, 4.69) is 0 Å². The van der Waals surface area contributed by atoms with Crippen LogP contribution in [0.1, 0.15) is 12.0 Å². The van der Waals surface area contributed by atoms with Crippen LogP contribution in [0, 0.1) is 18.8 Å². The van der Waals surface area contributed by atoms with Gasteiger partial charge >= 0.3 is 0 Å². The molecule has 0 bridgehead atoms. The van der Waals surface area contributed by atoms with E-state index in [1.165, 1.54) is 4.90 Å². The summed E-state index contributed by atoms with van der Waals surface area (Å²) in [5.41, 5.74) is 7.82. The first-order valence-corrected chi connectivity index (χ1v) is 5.33. The summed E-state index contributed by atoms with van der Waals surface area (Å²) in [5, 5.41) is 0. The number of fused-ring (bicyclic) bond motifs is 1. The number of amides is 2. The van der Waals surface area contributed by atoms with E-state index in [-0.39, 0.29) is 23.7 Å². The monoisotopic (exact) mass is 216 g/mol. The minimum Gasteiger partial charge on any atom is -0.397 e. The SMILES string of the molecule is Cc1ccc(N)c(N2C(=O)C3CC3C2=O)c1. The number of aryl methyl sites for hydroxylation is 1. The Bertz CT molecular complexity index is 490. The molecular weight excluding hydrogens is 204 g/mol. The molecular formula is C12H12N2O2. The molecule has 1 aliphatic carbocycles. The second-order valence-corrected chi connectivity index (χ2v) is 4.52.